The van der Waals surface area contributed by atoms with Crippen molar-refractivity contribution in [1.29, 1.82) is 0 Å². The second-order valence-electron chi connectivity index (χ2n) is 3.71. The van der Waals surface area contributed by atoms with Crippen LogP contribution in [0.2, 0.25) is 0 Å². The number of phenolic OH excluding ortho intramolecular Hbond substituents is 2. The molecule has 4 nitrogen and oxygen atoms in total. The highest BCUT2D eigenvalue weighted by Crippen LogP contribution is 2.25. The summed E-state index contributed by atoms with van der Waals surface area (Å²) < 4.78 is 5.14. The number of carbonyl (C=O) groups is 1. The Morgan fingerprint density at radius 2 is 2.06 bits per heavy atom. The lowest BCUT2D eigenvalue weighted by Gasteiger charge is -2.12. The average Bonchev–Trinajstić information content (AvgIpc) is 2.22. The Morgan fingerprint density at radius 1 is 1.38 bits per heavy atom. The third-order valence-electron chi connectivity index (χ3n) is 2.21. The van der Waals surface area contributed by atoms with E-state index in [1.165, 1.54) is 18.2 Å². The monoisotopic (exact) mass is 224 g/mol. The normalized spacial score (nSPS) is 12.1. The second-order valence-corrected chi connectivity index (χ2v) is 3.71. The molecule has 0 amide bonds. The summed E-state index contributed by atoms with van der Waals surface area (Å²) in [5.74, 6) is -1.06. The van der Waals surface area contributed by atoms with Crippen LogP contribution in [0.5, 0.6) is 11.5 Å². The molecule has 1 aromatic carbocycles. The fourth-order valence-corrected chi connectivity index (χ4v) is 1.37. The standard InChI is InChI=1S/C12H16O4/c1-3-4-8(2)16-12(15)9-5-6-10(13)11(14)7-9/h5-8,13-14H,3-4H2,1-2H3. The molecule has 1 unspecified atom stereocenters. The Labute approximate surface area is 94.5 Å². The summed E-state index contributed by atoms with van der Waals surface area (Å²) in [5.41, 5.74) is 0.234. The number of aromatic hydroxyl groups is 2. The van der Waals surface area contributed by atoms with Gasteiger partial charge >= 0.3 is 5.97 Å². The zero-order valence-corrected chi connectivity index (χ0v) is 9.43. The Bertz CT molecular complexity index is 373. The quantitative estimate of drug-likeness (QED) is 0.609. The molecule has 0 radical (unpaired) electrons. The third kappa shape index (κ3) is 3.15. The van der Waals surface area contributed by atoms with Crippen LogP contribution in [-0.4, -0.2) is 22.3 Å². The van der Waals surface area contributed by atoms with Crippen molar-refractivity contribution in [1.82, 2.24) is 0 Å². The predicted molar refractivity (Wildman–Crippen MR) is 59.6 cm³/mol. The smallest absolute Gasteiger partial charge is 0.338 e. The van der Waals surface area contributed by atoms with Gasteiger partial charge < -0.3 is 14.9 Å². The number of hydrogen-bond acceptors (Lipinski definition) is 4. The molecule has 0 aliphatic carbocycles. The fourth-order valence-electron chi connectivity index (χ4n) is 1.37. The summed E-state index contributed by atoms with van der Waals surface area (Å²) in [6, 6.07) is 3.86. The minimum absolute atomic E-state index is 0.145. The van der Waals surface area contributed by atoms with Crippen molar-refractivity contribution in [2.24, 2.45) is 0 Å². The number of carbonyl (C=O) groups excluding carboxylic acids is 1. The zero-order chi connectivity index (χ0) is 12.1. The van der Waals surface area contributed by atoms with E-state index in [9.17, 15) is 9.90 Å². The number of hydrogen-bond donors (Lipinski definition) is 2. The van der Waals surface area contributed by atoms with Gasteiger partial charge in [-0.3, -0.25) is 0 Å². The van der Waals surface area contributed by atoms with E-state index in [0.29, 0.717) is 0 Å². The molecule has 0 spiro atoms. The lowest BCUT2D eigenvalue weighted by molar-refractivity contribution is 0.0323. The van der Waals surface area contributed by atoms with Crippen molar-refractivity contribution in [3.8, 4) is 11.5 Å². The molecule has 1 atom stereocenters. The molecule has 2 N–H and O–H groups in total. The Balaban J connectivity index is 2.69. The molecule has 0 saturated carbocycles. The van der Waals surface area contributed by atoms with Gasteiger partial charge in [0.05, 0.1) is 11.7 Å². The average molecular weight is 224 g/mol. The van der Waals surface area contributed by atoms with Crippen molar-refractivity contribution in [3.05, 3.63) is 23.8 Å². The van der Waals surface area contributed by atoms with Gasteiger partial charge in [0.1, 0.15) is 0 Å². The van der Waals surface area contributed by atoms with E-state index in [2.05, 4.69) is 0 Å². The molecule has 88 valence electrons. The fraction of sp³-hybridized carbons (Fsp3) is 0.417. The molecule has 0 bridgehead atoms. The van der Waals surface area contributed by atoms with Crippen molar-refractivity contribution >= 4 is 5.97 Å². The van der Waals surface area contributed by atoms with Crippen LogP contribution in [-0.2, 0) is 4.74 Å². The largest absolute Gasteiger partial charge is 0.504 e. The zero-order valence-electron chi connectivity index (χ0n) is 9.43. The Hall–Kier alpha value is -1.71. The summed E-state index contributed by atoms with van der Waals surface area (Å²) in [6.07, 6.45) is 1.60. The lowest BCUT2D eigenvalue weighted by atomic mass is 10.2. The first kappa shape index (κ1) is 12.4. The molecule has 16 heavy (non-hydrogen) atoms. The van der Waals surface area contributed by atoms with Gasteiger partial charge in [0.2, 0.25) is 0 Å². The van der Waals surface area contributed by atoms with E-state index < -0.39 is 5.97 Å². The first-order chi connectivity index (χ1) is 7.54. The topological polar surface area (TPSA) is 66.8 Å². The highest BCUT2D eigenvalue weighted by atomic mass is 16.5. The molecule has 0 fully saturated rings. The molecule has 1 aromatic rings. The maximum Gasteiger partial charge on any atom is 0.338 e. The lowest BCUT2D eigenvalue weighted by Crippen LogP contribution is -2.14. The molecule has 0 saturated heterocycles. The molecule has 4 heteroatoms. The van der Waals surface area contributed by atoms with Crippen molar-refractivity contribution in [2.75, 3.05) is 0 Å². The predicted octanol–water partition coefficient (Wildman–Crippen LogP) is 2.44. The van der Waals surface area contributed by atoms with Crippen molar-refractivity contribution in [2.45, 2.75) is 32.8 Å². The van der Waals surface area contributed by atoms with Crippen LogP contribution < -0.4 is 0 Å². The molecular weight excluding hydrogens is 208 g/mol. The molecule has 0 aliphatic heterocycles. The highest BCUT2D eigenvalue weighted by molar-refractivity contribution is 5.90. The second kappa shape index (κ2) is 5.39. The van der Waals surface area contributed by atoms with Gasteiger partial charge in [-0.05, 0) is 31.5 Å². The molecular formula is C12H16O4. The van der Waals surface area contributed by atoms with E-state index in [-0.39, 0.29) is 23.2 Å². The van der Waals surface area contributed by atoms with E-state index >= 15 is 0 Å². The first-order valence-electron chi connectivity index (χ1n) is 5.27. The van der Waals surface area contributed by atoms with Crippen LogP contribution in [0, 0.1) is 0 Å². The summed E-state index contributed by atoms with van der Waals surface area (Å²) in [5, 5.41) is 18.3. The van der Waals surface area contributed by atoms with E-state index in [1.54, 1.807) is 0 Å². The maximum absolute atomic E-state index is 11.6. The van der Waals surface area contributed by atoms with Crippen LogP contribution in [0.15, 0.2) is 18.2 Å². The van der Waals surface area contributed by atoms with Crippen LogP contribution >= 0.6 is 0 Å². The van der Waals surface area contributed by atoms with Crippen LogP contribution in [0.25, 0.3) is 0 Å². The van der Waals surface area contributed by atoms with E-state index in [0.717, 1.165) is 12.8 Å². The van der Waals surface area contributed by atoms with Crippen LogP contribution in [0.3, 0.4) is 0 Å². The van der Waals surface area contributed by atoms with Gasteiger partial charge in [0, 0.05) is 0 Å². The van der Waals surface area contributed by atoms with Gasteiger partial charge in [-0.25, -0.2) is 4.79 Å². The Kier molecular flexibility index (Phi) is 4.17. The summed E-state index contributed by atoms with van der Waals surface area (Å²) in [7, 11) is 0. The van der Waals surface area contributed by atoms with Gasteiger partial charge in [0.15, 0.2) is 11.5 Å². The number of ether oxygens (including phenoxy) is 1. The molecule has 0 heterocycles. The number of esters is 1. The SMILES string of the molecule is CCCC(C)OC(=O)c1ccc(O)c(O)c1. The van der Waals surface area contributed by atoms with Crippen molar-refractivity contribution < 1.29 is 19.7 Å². The van der Waals surface area contributed by atoms with E-state index in [4.69, 9.17) is 9.84 Å². The number of rotatable bonds is 4. The van der Waals surface area contributed by atoms with E-state index in [1.807, 2.05) is 13.8 Å². The Morgan fingerprint density at radius 3 is 2.62 bits per heavy atom. The summed E-state index contributed by atoms with van der Waals surface area (Å²) >= 11 is 0. The van der Waals surface area contributed by atoms with Crippen LogP contribution in [0.4, 0.5) is 0 Å². The van der Waals surface area contributed by atoms with Crippen LogP contribution in [0.1, 0.15) is 37.0 Å². The molecule has 0 aromatic heterocycles. The summed E-state index contributed by atoms with van der Waals surface area (Å²) in [4.78, 5) is 11.6. The minimum atomic E-state index is -0.490. The summed E-state index contributed by atoms with van der Waals surface area (Å²) in [6.45, 7) is 3.83. The highest BCUT2D eigenvalue weighted by Gasteiger charge is 2.13. The third-order valence-corrected chi connectivity index (χ3v) is 2.21. The van der Waals surface area contributed by atoms with Gasteiger partial charge in [-0.2, -0.15) is 0 Å². The minimum Gasteiger partial charge on any atom is -0.504 e. The first-order valence-corrected chi connectivity index (χ1v) is 5.27. The van der Waals surface area contributed by atoms with Gasteiger partial charge in [-0.15, -0.1) is 0 Å². The maximum atomic E-state index is 11.6. The molecule has 1 rings (SSSR count). The number of phenols is 2. The number of benzene rings is 1. The van der Waals surface area contributed by atoms with Gasteiger partial charge in [-0.1, -0.05) is 13.3 Å². The van der Waals surface area contributed by atoms with Gasteiger partial charge in [0.25, 0.3) is 0 Å². The molecule has 0 aliphatic rings. The van der Waals surface area contributed by atoms with Crippen molar-refractivity contribution in [3.63, 3.8) is 0 Å².